The van der Waals surface area contributed by atoms with E-state index in [1.54, 1.807) is 36.4 Å². The topological polar surface area (TPSA) is 68.5 Å². The van der Waals surface area contributed by atoms with Crippen LogP contribution in [0.5, 0.6) is 5.75 Å². The van der Waals surface area contributed by atoms with Crippen molar-refractivity contribution >= 4 is 41.3 Å². The zero-order chi connectivity index (χ0) is 23.3. The Kier molecular flexibility index (Phi) is 7.66. The summed E-state index contributed by atoms with van der Waals surface area (Å²) in [6, 6.07) is 13.7. The summed E-state index contributed by atoms with van der Waals surface area (Å²) in [5.74, 6) is -1.02. The summed E-state index contributed by atoms with van der Waals surface area (Å²) >= 11 is 12.3. The molecule has 0 fully saturated rings. The molecule has 0 aliphatic carbocycles. The van der Waals surface area contributed by atoms with Crippen molar-refractivity contribution in [1.29, 1.82) is 0 Å². The molecule has 0 aliphatic rings. The fraction of sp³-hybridized carbons (Fsp3) is 0.130. The van der Waals surface area contributed by atoms with Crippen LogP contribution in [-0.4, -0.2) is 22.3 Å². The van der Waals surface area contributed by atoms with Crippen LogP contribution in [-0.2, 0) is 13.0 Å². The van der Waals surface area contributed by atoms with Gasteiger partial charge in [-0.2, -0.15) is 8.78 Å². The highest BCUT2D eigenvalue weighted by Gasteiger charge is 2.12. The summed E-state index contributed by atoms with van der Waals surface area (Å²) in [4.78, 5) is 23.6. The summed E-state index contributed by atoms with van der Waals surface area (Å²) in [7, 11) is 0. The number of aryl methyl sites for hydroxylation is 1. The quantitative estimate of drug-likeness (QED) is 0.438. The van der Waals surface area contributed by atoms with Crippen LogP contribution in [0.3, 0.4) is 0 Å². The van der Waals surface area contributed by atoms with E-state index >= 15 is 0 Å². The molecule has 0 atom stereocenters. The van der Waals surface area contributed by atoms with Gasteiger partial charge in [-0.15, -0.1) is 0 Å². The Morgan fingerprint density at radius 1 is 1.06 bits per heavy atom. The molecular formula is C23H17Cl2F2NO4. The lowest BCUT2D eigenvalue weighted by Crippen LogP contribution is -2.24. The highest BCUT2D eigenvalue weighted by Crippen LogP contribution is 2.23. The minimum atomic E-state index is -2.94. The highest BCUT2D eigenvalue weighted by atomic mass is 35.5. The normalized spacial score (nSPS) is 11.3. The number of carbonyl (C=O) groups is 1. The molecule has 9 heteroatoms. The molecule has 2 aromatic carbocycles. The fourth-order valence-electron chi connectivity index (χ4n) is 3.03. The number of carboxylic acid groups (broad SMARTS) is 1. The van der Waals surface area contributed by atoms with Crippen LogP contribution in [0.4, 0.5) is 8.78 Å². The van der Waals surface area contributed by atoms with Crippen LogP contribution in [0.1, 0.15) is 27.2 Å². The zero-order valence-electron chi connectivity index (χ0n) is 16.5. The summed E-state index contributed by atoms with van der Waals surface area (Å²) in [6.07, 6.45) is 3.63. The Balaban J connectivity index is 1.88. The standard InChI is InChI=1S/C23H17Cl2F2NO4/c24-18-13-19(25)21(29)28(11-10-14-4-7-16(8-5-14)22(30)31)20(18)9-6-15-2-1-3-17(12-15)32-23(26)27/h1-9,12-13,23H,10-11H2,(H,30,31)/b9-6+. The van der Waals surface area contributed by atoms with Gasteiger partial charge in [0.05, 0.1) is 16.3 Å². The molecule has 0 saturated carbocycles. The van der Waals surface area contributed by atoms with Crippen molar-refractivity contribution in [2.45, 2.75) is 19.6 Å². The number of halogens is 4. The van der Waals surface area contributed by atoms with Gasteiger partial charge in [-0.05, 0) is 54.0 Å². The molecule has 0 unspecified atom stereocenters. The lowest BCUT2D eigenvalue weighted by molar-refractivity contribution is -0.0498. The van der Waals surface area contributed by atoms with Crippen molar-refractivity contribution in [3.63, 3.8) is 0 Å². The molecule has 5 nitrogen and oxygen atoms in total. The van der Waals surface area contributed by atoms with Gasteiger partial charge in [0.2, 0.25) is 0 Å². The SMILES string of the molecule is O=C(O)c1ccc(CCn2c(/C=C/c3cccc(OC(F)F)c3)c(Cl)cc(Cl)c2=O)cc1. The second kappa shape index (κ2) is 10.4. The van der Waals surface area contributed by atoms with Gasteiger partial charge in [0, 0.05) is 6.54 Å². The zero-order valence-corrected chi connectivity index (χ0v) is 18.0. The van der Waals surface area contributed by atoms with Crippen molar-refractivity contribution in [2.24, 2.45) is 0 Å². The fourth-order valence-corrected chi connectivity index (χ4v) is 3.57. The lowest BCUT2D eigenvalue weighted by atomic mass is 10.1. The highest BCUT2D eigenvalue weighted by molar-refractivity contribution is 6.35. The molecule has 0 amide bonds. The van der Waals surface area contributed by atoms with Gasteiger partial charge in [0.15, 0.2) is 0 Å². The number of aromatic nitrogens is 1. The summed E-state index contributed by atoms with van der Waals surface area (Å²) in [5, 5.41) is 9.20. The summed E-state index contributed by atoms with van der Waals surface area (Å²) < 4.78 is 30.7. The molecule has 3 aromatic rings. The van der Waals surface area contributed by atoms with Gasteiger partial charge in [-0.25, -0.2) is 4.79 Å². The third kappa shape index (κ3) is 5.96. The Labute approximate surface area is 192 Å². The van der Waals surface area contributed by atoms with E-state index in [-0.39, 0.29) is 27.9 Å². The van der Waals surface area contributed by atoms with Crippen LogP contribution in [0.15, 0.2) is 59.4 Å². The van der Waals surface area contributed by atoms with Crippen LogP contribution < -0.4 is 10.3 Å². The van der Waals surface area contributed by atoms with Crippen molar-refractivity contribution in [1.82, 2.24) is 4.57 Å². The Morgan fingerprint density at radius 2 is 1.78 bits per heavy atom. The number of alkyl halides is 2. The number of hydrogen-bond donors (Lipinski definition) is 1. The van der Waals surface area contributed by atoms with Crippen molar-refractivity contribution in [3.8, 4) is 5.75 Å². The molecule has 0 radical (unpaired) electrons. The van der Waals surface area contributed by atoms with Crippen molar-refractivity contribution in [3.05, 3.63) is 97.4 Å². The summed E-state index contributed by atoms with van der Waals surface area (Å²) in [6.45, 7) is -2.70. The Bertz CT molecular complexity index is 1210. The van der Waals surface area contributed by atoms with E-state index in [0.717, 1.165) is 5.56 Å². The number of benzene rings is 2. The van der Waals surface area contributed by atoms with Crippen molar-refractivity contribution < 1.29 is 23.4 Å². The predicted molar refractivity (Wildman–Crippen MR) is 120 cm³/mol. The number of carboxylic acids is 1. The van der Waals surface area contributed by atoms with Gasteiger partial charge < -0.3 is 14.4 Å². The average Bonchev–Trinajstić information content (AvgIpc) is 2.74. The van der Waals surface area contributed by atoms with E-state index in [1.807, 2.05) is 0 Å². The molecule has 32 heavy (non-hydrogen) atoms. The molecule has 166 valence electrons. The number of pyridine rings is 1. The molecule has 3 rings (SSSR count). The van der Waals surface area contributed by atoms with E-state index in [0.29, 0.717) is 17.7 Å². The second-order valence-electron chi connectivity index (χ2n) is 6.72. The number of nitrogens with zero attached hydrogens (tertiary/aromatic N) is 1. The maximum atomic E-state index is 12.7. The molecule has 0 spiro atoms. The van der Waals surface area contributed by atoms with Crippen molar-refractivity contribution in [2.75, 3.05) is 0 Å². The number of hydrogen-bond acceptors (Lipinski definition) is 3. The summed E-state index contributed by atoms with van der Waals surface area (Å²) in [5.41, 5.74) is 1.51. The Morgan fingerprint density at radius 3 is 2.44 bits per heavy atom. The maximum Gasteiger partial charge on any atom is 0.387 e. The minimum absolute atomic E-state index is 0.00607. The molecular weight excluding hydrogens is 463 g/mol. The van der Waals surface area contributed by atoms with E-state index in [9.17, 15) is 18.4 Å². The third-order valence-corrected chi connectivity index (χ3v) is 5.15. The predicted octanol–water partition coefficient (Wildman–Crippen LogP) is 5.87. The first-order valence-corrected chi connectivity index (χ1v) is 10.1. The van der Waals surface area contributed by atoms with E-state index in [4.69, 9.17) is 28.3 Å². The first kappa shape index (κ1) is 23.5. The van der Waals surface area contributed by atoms with Gasteiger partial charge in [0.25, 0.3) is 5.56 Å². The largest absolute Gasteiger partial charge is 0.478 e. The number of aromatic carboxylic acids is 1. The Hall–Kier alpha value is -3.16. The van der Waals surface area contributed by atoms with Crippen LogP contribution in [0, 0.1) is 0 Å². The number of rotatable bonds is 8. The third-order valence-electron chi connectivity index (χ3n) is 4.58. The molecule has 1 heterocycles. The van der Waals surface area contributed by atoms with Crippen LogP contribution in [0.2, 0.25) is 10.0 Å². The van der Waals surface area contributed by atoms with E-state index < -0.39 is 18.1 Å². The molecule has 0 saturated heterocycles. The van der Waals surface area contributed by atoms with Gasteiger partial charge >= 0.3 is 12.6 Å². The first-order valence-electron chi connectivity index (χ1n) is 9.38. The molecule has 1 aromatic heterocycles. The van der Waals surface area contributed by atoms with Crippen LogP contribution >= 0.6 is 23.2 Å². The van der Waals surface area contributed by atoms with Gasteiger partial charge in [-0.1, -0.05) is 53.5 Å². The average molecular weight is 480 g/mol. The second-order valence-corrected chi connectivity index (χ2v) is 7.53. The first-order chi connectivity index (χ1) is 15.2. The van der Waals surface area contributed by atoms with E-state index in [1.165, 1.54) is 34.9 Å². The maximum absolute atomic E-state index is 12.7. The van der Waals surface area contributed by atoms with Gasteiger partial charge in [0.1, 0.15) is 10.8 Å². The lowest BCUT2D eigenvalue weighted by Gasteiger charge is -2.13. The van der Waals surface area contributed by atoms with Gasteiger partial charge in [-0.3, -0.25) is 4.79 Å². The van der Waals surface area contributed by atoms with E-state index in [2.05, 4.69) is 4.74 Å². The number of ether oxygens (including phenoxy) is 1. The smallest absolute Gasteiger partial charge is 0.387 e. The minimum Gasteiger partial charge on any atom is -0.478 e. The molecule has 1 N–H and O–H groups in total. The monoisotopic (exact) mass is 479 g/mol. The molecule has 0 bridgehead atoms. The van der Waals surface area contributed by atoms with Crippen LogP contribution in [0.25, 0.3) is 12.2 Å². The molecule has 0 aliphatic heterocycles.